The van der Waals surface area contributed by atoms with Crippen LogP contribution in [0.15, 0.2) is 51.7 Å². The average molecular weight is 440 g/mol. The second kappa shape index (κ2) is 10.8. The zero-order chi connectivity index (χ0) is 23.1. The summed E-state index contributed by atoms with van der Waals surface area (Å²) in [5.74, 6) is -0.00232. The van der Waals surface area contributed by atoms with Crippen LogP contribution in [0.5, 0.6) is 0 Å². The average Bonchev–Trinajstić information content (AvgIpc) is 2.78. The molecule has 0 bridgehead atoms. The second-order valence-electron chi connectivity index (χ2n) is 8.07. The molecule has 1 aromatic heterocycles. The molecule has 0 spiro atoms. The fourth-order valence-corrected chi connectivity index (χ4v) is 4.20. The van der Waals surface area contributed by atoms with Crippen molar-refractivity contribution in [3.8, 4) is 0 Å². The number of aromatic nitrogens is 2. The predicted molar refractivity (Wildman–Crippen MR) is 128 cm³/mol. The molecule has 2 aromatic rings. The van der Waals surface area contributed by atoms with Crippen LogP contribution in [0, 0.1) is 0 Å². The number of nitrogens with one attached hydrogen (secondary N) is 1. The highest BCUT2D eigenvalue weighted by Gasteiger charge is 2.24. The minimum atomic E-state index is -0.571. The van der Waals surface area contributed by atoms with Gasteiger partial charge >= 0.3 is 5.69 Å². The van der Waals surface area contributed by atoms with Crippen LogP contribution in [0.3, 0.4) is 0 Å². The highest BCUT2D eigenvalue weighted by molar-refractivity contribution is 5.84. The quantitative estimate of drug-likeness (QED) is 0.625. The largest absolute Gasteiger partial charge is 0.383 e. The van der Waals surface area contributed by atoms with Gasteiger partial charge in [0.15, 0.2) is 0 Å². The summed E-state index contributed by atoms with van der Waals surface area (Å²) >= 11 is 0. The lowest BCUT2D eigenvalue weighted by atomic mass is 10.0. The predicted octanol–water partition coefficient (Wildman–Crippen LogP) is 2.69. The number of nitrogens with two attached hydrogens (primary N) is 1. The maximum Gasteiger partial charge on any atom is 0.330 e. The number of amides is 1. The molecule has 8 heteroatoms. The van der Waals surface area contributed by atoms with Crippen molar-refractivity contribution in [2.45, 2.75) is 52.5 Å². The van der Waals surface area contributed by atoms with E-state index in [-0.39, 0.29) is 30.5 Å². The number of rotatable bonds is 9. The Bertz CT molecular complexity index is 1070. The first-order valence-electron chi connectivity index (χ1n) is 11.4. The number of anilines is 2. The number of H-pyrrole nitrogens is 1. The number of benzene rings is 1. The monoisotopic (exact) mass is 439 g/mol. The molecule has 0 saturated carbocycles. The van der Waals surface area contributed by atoms with Gasteiger partial charge in [0, 0.05) is 18.8 Å². The van der Waals surface area contributed by atoms with Crippen LogP contribution in [0.2, 0.25) is 0 Å². The van der Waals surface area contributed by atoms with E-state index in [1.54, 1.807) is 9.80 Å². The van der Waals surface area contributed by atoms with Gasteiger partial charge in [0.05, 0.1) is 13.1 Å². The SMILES string of the molecule is CCCN(CC(=O)N(CC)C1=CCCCC1)c1c(N)n(Cc2ccccc2)c(=O)[nH]c1=O. The highest BCUT2D eigenvalue weighted by Crippen LogP contribution is 2.23. The summed E-state index contributed by atoms with van der Waals surface area (Å²) in [4.78, 5) is 44.4. The Kier molecular flexibility index (Phi) is 7.92. The van der Waals surface area contributed by atoms with E-state index in [9.17, 15) is 14.4 Å². The van der Waals surface area contributed by atoms with Gasteiger partial charge in [-0.1, -0.05) is 43.3 Å². The van der Waals surface area contributed by atoms with Gasteiger partial charge < -0.3 is 15.5 Å². The van der Waals surface area contributed by atoms with Gasteiger partial charge in [-0.3, -0.25) is 19.1 Å². The summed E-state index contributed by atoms with van der Waals surface area (Å²) in [6.45, 7) is 5.23. The lowest BCUT2D eigenvalue weighted by molar-refractivity contribution is -0.127. The third-order valence-electron chi connectivity index (χ3n) is 5.76. The molecule has 0 atom stereocenters. The number of hydrogen-bond acceptors (Lipinski definition) is 5. The molecule has 1 aliphatic rings. The van der Waals surface area contributed by atoms with Crippen LogP contribution in [0.1, 0.15) is 51.5 Å². The van der Waals surface area contributed by atoms with Crippen LogP contribution < -0.4 is 21.9 Å². The van der Waals surface area contributed by atoms with Crippen molar-refractivity contribution in [1.29, 1.82) is 0 Å². The summed E-state index contributed by atoms with van der Waals surface area (Å²) in [5.41, 5.74) is 7.33. The normalized spacial score (nSPS) is 13.5. The number of hydrogen-bond donors (Lipinski definition) is 2. The van der Waals surface area contributed by atoms with Crippen molar-refractivity contribution in [3.63, 3.8) is 0 Å². The van der Waals surface area contributed by atoms with Crippen molar-refractivity contribution in [2.75, 3.05) is 30.3 Å². The van der Waals surface area contributed by atoms with Crippen molar-refractivity contribution in [2.24, 2.45) is 0 Å². The van der Waals surface area contributed by atoms with Crippen LogP contribution >= 0.6 is 0 Å². The first-order valence-corrected chi connectivity index (χ1v) is 11.4. The first kappa shape index (κ1) is 23.4. The van der Waals surface area contributed by atoms with Gasteiger partial charge in [-0.25, -0.2) is 4.79 Å². The Morgan fingerprint density at radius 3 is 2.53 bits per heavy atom. The third-order valence-corrected chi connectivity index (χ3v) is 5.76. The van der Waals surface area contributed by atoms with E-state index in [0.717, 1.165) is 43.4 Å². The molecular formula is C24H33N5O3. The van der Waals surface area contributed by atoms with Crippen LogP contribution in [0.4, 0.5) is 11.5 Å². The Labute approximate surface area is 188 Å². The van der Waals surface area contributed by atoms with Gasteiger partial charge in [-0.15, -0.1) is 0 Å². The minimum absolute atomic E-state index is 0.0237. The molecule has 0 radical (unpaired) electrons. The lowest BCUT2D eigenvalue weighted by Gasteiger charge is -2.31. The smallest absolute Gasteiger partial charge is 0.330 e. The van der Waals surface area contributed by atoms with Gasteiger partial charge in [0.1, 0.15) is 11.5 Å². The molecule has 3 N–H and O–H groups in total. The standard InChI is InChI=1S/C24H33N5O3/c1-3-15-27(17-20(30)28(4-2)19-13-9-6-10-14-19)21-22(25)29(24(32)26-23(21)31)16-18-11-7-5-8-12-18/h5,7-8,11-13H,3-4,6,9-10,14-17,25H2,1-2H3,(H,26,31,32). The zero-order valence-corrected chi connectivity index (χ0v) is 19.0. The van der Waals surface area contributed by atoms with Crippen LogP contribution in [-0.4, -0.2) is 40.0 Å². The molecule has 0 fully saturated rings. The first-order chi connectivity index (χ1) is 15.5. The van der Waals surface area contributed by atoms with E-state index < -0.39 is 11.2 Å². The van der Waals surface area contributed by atoms with E-state index >= 15 is 0 Å². The Balaban J connectivity index is 1.94. The molecule has 3 rings (SSSR count). The Hall–Kier alpha value is -3.29. The number of aromatic amines is 1. The van der Waals surface area contributed by atoms with E-state index in [4.69, 9.17) is 5.73 Å². The molecule has 172 valence electrons. The van der Waals surface area contributed by atoms with Gasteiger partial charge in [-0.05, 0) is 44.6 Å². The number of carbonyl (C=O) groups is 1. The molecule has 1 aromatic carbocycles. The van der Waals surface area contributed by atoms with Gasteiger partial charge in [0.25, 0.3) is 5.56 Å². The van der Waals surface area contributed by atoms with Crippen molar-refractivity contribution in [3.05, 3.63) is 68.5 Å². The van der Waals surface area contributed by atoms with Crippen LogP contribution in [-0.2, 0) is 11.3 Å². The molecule has 8 nitrogen and oxygen atoms in total. The molecule has 32 heavy (non-hydrogen) atoms. The second-order valence-corrected chi connectivity index (χ2v) is 8.07. The van der Waals surface area contributed by atoms with E-state index in [0.29, 0.717) is 13.1 Å². The molecule has 0 unspecified atom stereocenters. The maximum atomic E-state index is 13.2. The number of nitrogens with zero attached hydrogens (tertiary/aromatic N) is 3. The number of nitrogen functional groups attached to an aromatic ring is 1. The summed E-state index contributed by atoms with van der Waals surface area (Å²) in [6.07, 6.45) is 6.94. The molecule has 1 amide bonds. The summed E-state index contributed by atoms with van der Waals surface area (Å²) in [5, 5.41) is 0. The summed E-state index contributed by atoms with van der Waals surface area (Å²) in [6, 6.07) is 9.43. The third kappa shape index (κ3) is 5.30. The minimum Gasteiger partial charge on any atom is -0.383 e. The fraction of sp³-hybridized carbons (Fsp3) is 0.458. The zero-order valence-electron chi connectivity index (χ0n) is 19.0. The molecule has 0 aliphatic heterocycles. The van der Waals surface area contributed by atoms with Gasteiger partial charge in [0.2, 0.25) is 5.91 Å². The number of likely N-dealkylation sites (N-methyl/N-ethyl adjacent to an activating group) is 1. The van der Waals surface area contributed by atoms with Crippen molar-refractivity contribution >= 4 is 17.4 Å². The Morgan fingerprint density at radius 1 is 1.16 bits per heavy atom. The summed E-state index contributed by atoms with van der Waals surface area (Å²) in [7, 11) is 0. The maximum absolute atomic E-state index is 13.2. The molecule has 0 saturated heterocycles. The number of allylic oxidation sites excluding steroid dienone is 2. The molecular weight excluding hydrogens is 406 g/mol. The van der Waals surface area contributed by atoms with Crippen molar-refractivity contribution in [1.82, 2.24) is 14.5 Å². The highest BCUT2D eigenvalue weighted by atomic mass is 16.2. The Morgan fingerprint density at radius 2 is 1.91 bits per heavy atom. The van der Waals surface area contributed by atoms with Crippen molar-refractivity contribution < 1.29 is 4.79 Å². The molecule has 1 aliphatic carbocycles. The van der Waals surface area contributed by atoms with E-state index in [1.807, 2.05) is 44.2 Å². The van der Waals surface area contributed by atoms with Crippen LogP contribution in [0.25, 0.3) is 0 Å². The number of carbonyl (C=O) groups excluding carboxylic acids is 1. The topological polar surface area (TPSA) is 104 Å². The van der Waals surface area contributed by atoms with E-state index in [1.165, 1.54) is 4.57 Å². The fourth-order valence-electron chi connectivity index (χ4n) is 4.20. The van der Waals surface area contributed by atoms with Gasteiger partial charge in [-0.2, -0.15) is 0 Å². The summed E-state index contributed by atoms with van der Waals surface area (Å²) < 4.78 is 1.35. The lowest BCUT2D eigenvalue weighted by Crippen LogP contribution is -2.44. The van der Waals surface area contributed by atoms with E-state index in [2.05, 4.69) is 11.1 Å². The molecule has 1 heterocycles.